The number of rotatable bonds is 1. The Bertz CT molecular complexity index is 164. The lowest BCUT2D eigenvalue weighted by atomic mass is 10.2. The van der Waals surface area contributed by atoms with Crippen molar-refractivity contribution in [3.63, 3.8) is 0 Å². The van der Waals surface area contributed by atoms with E-state index in [0.717, 1.165) is 13.0 Å². The summed E-state index contributed by atoms with van der Waals surface area (Å²) in [4.78, 5) is 6.34. The minimum absolute atomic E-state index is 0.663. The van der Waals surface area contributed by atoms with Crippen molar-refractivity contribution in [1.82, 2.24) is 4.90 Å². The Hall–Kier alpha value is -0.0200. The molecule has 0 saturated carbocycles. The third-order valence-electron chi connectivity index (χ3n) is 2.28. The molecule has 2 heterocycles. The Kier molecular flexibility index (Phi) is 3.06. The lowest BCUT2D eigenvalue weighted by Crippen LogP contribution is -2.34. The summed E-state index contributed by atoms with van der Waals surface area (Å²) in [6, 6.07) is 0. The average molecular weight is 182 g/mol. The maximum Gasteiger partial charge on any atom is 0.199 e. The molecule has 2 radical (unpaired) electrons. The number of hydrogen-bond donors (Lipinski definition) is 0. The second kappa shape index (κ2) is 4.28. The summed E-state index contributed by atoms with van der Waals surface area (Å²) in [7, 11) is 0. The van der Waals surface area contributed by atoms with Crippen molar-refractivity contribution < 1.29 is 0 Å². The van der Waals surface area contributed by atoms with Gasteiger partial charge in [0.15, 0.2) is 6.67 Å². The minimum Gasteiger partial charge on any atom is -0.266 e. The van der Waals surface area contributed by atoms with Crippen LogP contribution in [0.5, 0.6) is 0 Å². The monoisotopic (exact) mass is 182 g/mol. The van der Waals surface area contributed by atoms with Gasteiger partial charge in [-0.05, 0) is 25.0 Å². The summed E-state index contributed by atoms with van der Waals surface area (Å²) >= 11 is 2.06. The molecule has 1 unspecified atom stereocenters. The molecule has 0 aromatic heterocycles. The van der Waals surface area contributed by atoms with E-state index in [0.29, 0.717) is 5.37 Å². The molecule has 0 aliphatic carbocycles. The Morgan fingerprint density at radius 3 is 3.17 bits per heavy atom. The molecule has 1 saturated heterocycles. The minimum atomic E-state index is 0.663. The first-order valence-electron chi connectivity index (χ1n) is 4.62. The quantitative estimate of drug-likeness (QED) is 0.616. The summed E-state index contributed by atoms with van der Waals surface area (Å²) in [5, 5.41) is 0.663. The maximum atomic E-state index is 4.07. The van der Waals surface area contributed by atoms with Gasteiger partial charge in [0, 0.05) is 12.8 Å². The van der Waals surface area contributed by atoms with Gasteiger partial charge in [-0.3, -0.25) is 9.89 Å². The molecule has 0 bridgehead atoms. The highest BCUT2D eigenvalue weighted by molar-refractivity contribution is 7.99. The third-order valence-corrected chi connectivity index (χ3v) is 3.68. The molecule has 0 N–H and O–H groups in total. The van der Waals surface area contributed by atoms with E-state index in [1.54, 1.807) is 0 Å². The molecule has 66 valence electrons. The van der Waals surface area contributed by atoms with Gasteiger partial charge in [0.1, 0.15) is 0 Å². The van der Waals surface area contributed by atoms with Gasteiger partial charge < -0.3 is 0 Å². The second-order valence-corrected chi connectivity index (χ2v) is 4.50. The van der Waals surface area contributed by atoms with Gasteiger partial charge in [-0.1, -0.05) is 6.42 Å². The predicted molar refractivity (Wildman–Crippen MR) is 53.2 cm³/mol. The zero-order valence-electron chi connectivity index (χ0n) is 7.20. The normalized spacial score (nSPS) is 32.2. The molecule has 2 aliphatic rings. The molecule has 3 heteroatoms. The summed E-state index contributed by atoms with van der Waals surface area (Å²) in [5.74, 6) is 1.31. The van der Waals surface area contributed by atoms with Crippen LogP contribution < -0.4 is 0 Å². The molecule has 12 heavy (non-hydrogen) atoms. The Balaban J connectivity index is 1.85. The second-order valence-electron chi connectivity index (χ2n) is 3.21. The smallest absolute Gasteiger partial charge is 0.199 e. The predicted octanol–water partition coefficient (Wildman–Crippen LogP) is 2.00. The van der Waals surface area contributed by atoms with Crippen LogP contribution in [0.2, 0.25) is 0 Å². The number of hydrogen-bond acceptors (Lipinski definition) is 3. The SMILES string of the molecule is [C]1N=CCCN1C1CCCCS1. The van der Waals surface area contributed by atoms with Crippen molar-refractivity contribution in [2.75, 3.05) is 12.3 Å². The molecule has 2 rings (SSSR count). The molecule has 0 spiro atoms. The van der Waals surface area contributed by atoms with E-state index in [1.807, 2.05) is 6.21 Å². The zero-order valence-corrected chi connectivity index (χ0v) is 8.02. The fourth-order valence-electron chi connectivity index (χ4n) is 1.60. The van der Waals surface area contributed by atoms with Gasteiger partial charge in [-0.15, -0.1) is 11.8 Å². The first-order chi connectivity index (χ1) is 5.97. The average Bonchev–Trinajstić information content (AvgIpc) is 2.21. The van der Waals surface area contributed by atoms with E-state index in [1.165, 1.54) is 25.0 Å². The number of thioether (sulfide) groups is 1. The summed E-state index contributed by atoms with van der Waals surface area (Å²) < 4.78 is 0. The molecular formula is C9H14N2S. The lowest BCUT2D eigenvalue weighted by Gasteiger charge is -2.32. The molecule has 2 nitrogen and oxygen atoms in total. The van der Waals surface area contributed by atoms with Crippen LogP contribution in [0.25, 0.3) is 0 Å². The van der Waals surface area contributed by atoms with Crippen LogP contribution in [-0.2, 0) is 0 Å². The highest BCUT2D eigenvalue weighted by Crippen LogP contribution is 2.29. The van der Waals surface area contributed by atoms with Crippen LogP contribution in [0.4, 0.5) is 0 Å². The van der Waals surface area contributed by atoms with Crippen LogP contribution >= 0.6 is 11.8 Å². The highest BCUT2D eigenvalue weighted by atomic mass is 32.2. The van der Waals surface area contributed by atoms with Crippen LogP contribution in [0, 0.1) is 6.67 Å². The van der Waals surface area contributed by atoms with Gasteiger partial charge >= 0.3 is 0 Å². The summed E-state index contributed by atoms with van der Waals surface area (Å²) in [6.45, 7) is 4.18. The van der Waals surface area contributed by atoms with Crippen LogP contribution in [-0.4, -0.2) is 28.8 Å². The Labute approximate surface area is 78.4 Å². The molecule has 0 aromatic carbocycles. The van der Waals surface area contributed by atoms with E-state index in [2.05, 4.69) is 28.3 Å². The topological polar surface area (TPSA) is 15.6 Å². The molecule has 0 aromatic rings. The van der Waals surface area contributed by atoms with Crippen molar-refractivity contribution >= 4 is 18.0 Å². The van der Waals surface area contributed by atoms with Gasteiger partial charge in [0.2, 0.25) is 0 Å². The van der Waals surface area contributed by atoms with Gasteiger partial charge in [-0.2, -0.15) is 0 Å². The highest BCUT2D eigenvalue weighted by Gasteiger charge is 2.22. The van der Waals surface area contributed by atoms with Crippen molar-refractivity contribution in [3.8, 4) is 0 Å². The first-order valence-corrected chi connectivity index (χ1v) is 5.67. The van der Waals surface area contributed by atoms with Crippen LogP contribution in [0.15, 0.2) is 4.99 Å². The van der Waals surface area contributed by atoms with Crippen LogP contribution in [0.1, 0.15) is 25.7 Å². The van der Waals surface area contributed by atoms with Gasteiger partial charge in [0.05, 0.1) is 5.37 Å². The molecule has 1 fully saturated rings. The third kappa shape index (κ3) is 2.02. The van der Waals surface area contributed by atoms with E-state index in [4.69, 9.17) is 0 Å². The molecule has 0 amide bonds. The number of nitrogens with zero attached hydrogens (tertiary/aromatic N) is 2. The van der Waals surface area contributed by atoms with E-state index in [-0.39, 0.29) is 0 Å². The van der Waals surface area contributed by atoms with Crippen molar-refractivity contribution in [1.29, 1.82) is 0 Å². The summed E-state index contributed by atoms with van der Waals surface area (Å²) in [5.41, 5.74) is 0. The Morgan fingerprint density at radius 2 is 2.50 bits per heavy atom. The fourth-order valence-corrected chi connectivity index (χ4v) is 2.91. The lowest BCUT2D eigenvalue weighted by molar-refractivity contribution is 0.295. The molecular weight excluding hydrogens is 168 g/mol. The largest absolute Gasteiger partial charge is 0.266 e. The van der Waals surface area contributed by atoms with Gasteiger partial charge in [0.25, 0.3) is 0 Å². The maximum absolute atomic E-state index is 4.07. The van der Waals surface area contributed by atoms with Crippen LogP contribution in [0.3, 0.4) is 0 Å². The molecule has 2 aliphatic heterocycles. The number of aliphatic imine (C=N–C) groups is 1. The van der Waals surface area contributed by atoms with E-state index in [9.17, 15) is 0 Å². The summed E-state index contributed by atoms with van der Waals surface area (Å²) in [6.07, 6.45) is 7.11. The fraction of sp³-hybridized carbons (Fsp3) is 0.778. The van der Waals surface area contributed by atoms with E-state index >= 15 is 0 Å². The standard InChI is InChI=1S/C9H14N2S/c1-2-7-12-9(4-1)11-6-3-5-10-8-11/h5,9H,1-4,6-7H2. The van der Waals surface area contributed by atoms with Crippen molar-refractivity contribution in [3.05, 3.63) is 6.67 Å². The van der Waals surface area contributed by atoms with Gasteiger partial charge in [-0.25, -0.2) is 0 Å². The van der Waals surface area contributed by atoms with Crippen molar-refractivity contribution in [2.45, 2.75) is 31.1 Å². The van der Waals surface area contributed by atoms with Crippen molar-refractivity contribution in [2.24, 2.45) is 4.99 Å². The zero-order chi connectivity index (χ0) is 8.23. The Morgan fingerprint density at radius 1 is 1.50 bits per heavy atom. The first kappa shape index (κ1) is 8.57. The van der Waals surface area contributed by atoms with E-state index < -0.39 is 0 Å². The molecule has 1 atom stereocenters.